The molecule has 1 atom stereocenters. The van der Waals surface area contributed by atoms with Crippen molar-refractivity contribution in [1.82, 2.24) is 15.0 Å². The second kappa shape index (κ2) is 7.77. The maximum absolute atomic E-state index is 14.1. The number of nitrogens with zero attached hydrogens (tertiary/aromatic N) is 3. The van der Waals surface area contributed by atoms with Gasteiger partial charge < -0.3 is 11.1 Å². The number of hydrogen-bond donors (Lipinski definition) is 2. The van der Waals surface area contributed by atoms with E-state index in [-0.39, 0.29) is 6.04 Å². The molecule has 136 valence electrons. The molecule has 4 aromatic rings. The summed E-state index contributed by atoms with van der Waals surface area (Å²) in [5.74, 6) is 0.559. The summed E-state index contributed by atoms with van der Waals surface area (Å²) in [4.78, 5) is 12.8. The average molecular weight is 379 g/mol. The number of nitrogens with one attached hydrogen (secondary N) is 1. The quantitative estimate of drug-likeness (QED) is 0.532. The summed E-state index contributed by atoms with van der Waals surface area (Å²) in [5.41, 5.74) is 8.57. The predicted octanol–water partition coefficient (Wildman–Crippen LogP) is 3.87. The van der Waals surface area contributed by atoms with Gasteiger partial charge in [0.1, 0.15) is 5.82 Å². The maximum Gasteiger partial charge on any atom is 0.165 e. The zero-order valence-corrected chi connectivity index (χ0v) is 15.3. The molecule has 7 heteroatoms. The summed E-state index contributed by atoms with van der Waals surface area (Å²) in [5, 5.41) is 5.27. The number of pyridine rings is 1. The number of halogens is 1. The first kappa shape index (κ1) is 17.5. The highest BCUT2D eigenvalue weighted by Crippen LogP contribution is 2.29. The Bertz CT molecular complexity index is 1050. The number of rotatable bonds is 6. The summed E-state index contributed by atoms with van der Waals surface area (Å²) >= 11 is 1.54. The molecular weight excluding hydrogens is 361 g/mol. The van der Waals surface area contributed by atoms with Crippen LogP contribution in [0.15, 0.2) is 60.2 Å². The first-order valence-corrected chi connectivity index (χ1v) is 9.47. The molecule has 0 bridgehead atoms. The topological polar surface area (TPSA) is 76.7 Å². The number of benzene rings is 1. The molecular formula is C20H18FN5S. The van der Waals surface area contributed by atoms with E-state index in [1.54, 1.807) is 17.4 Å². The number of anilines is 1. The minimum Gasteiger partial charge on any atom is -0.367 e. The van der Waals surface area contributed by atoms with E-state index in [0.29, 0.717) is 23.8 Å². The minimum atomic E-state index is -0.446. The van der Waals surface area contributed by atoms with E-state index in [1.807, 2.05) is 29.6 Å². The molecule has 4 rings (SSSR count). The number of hydrogen-bond acceptors (Lipinski definition) is 6. The first-order valence-electron chi connectivity index (χ1n) is 8.59. The minimum absolute atomic E-state index is 0.0708. The highest BCUT2D eigenvalue weighted by atomic mass is 32.1. The summed E-state index contributed by atoms with van der Waals surface area (Å²) < 4.78 is 15.0. The standard InChI is InChI=1S/C20H18FN5S/c21-16-12-23-8-6-15(16)19-25-17-7-9-27-18(17)20(26-19)24-11-14(22)10-13-4-2-1-3-5-13/h1-9,12,14H,10-11,22H2,(H,24,25,26). The van der Waals surface area contributed by atoms with Crippen molar-refractivity contribution in [2.75, 3.05) is 11.9 Å². The molecule has 3 N–H and O–H groups in total. The summed E-state index contributed by atoms with van der Waals surface area (Å²) in [7, 11) is 0. The summed E-state index contributed by atoms with van der Waals surface area (Å²) in [6.07, 6.45) is 3.46. The Hall–Kier alpha value is -2.90. The molecule has 0 aliphatic heterocycles. The Morgan fingerprint density at radius 1 is 1.11 bits per heavy atom. The molecule has 1 unspecified atom stereocenters. The highest BCUT2D eigenvalue weighted by Gasteiger charge is 2.14. The molecule has 0 radical (unpaired) electrons. The molecule has 0 saturated carbocycles. The molecule has 0 fully saturated rings. The highest BCUT2D eigenvalue weighted by molar-refractivity contribution is 7.17. The van der Waals surface area contributed by atoms with Crippen LogP contribution in [-0.4, -0.2) is 27.5 Å². The van der Waals surface area contributed by atoms with Gasteiger partial charge in [0.05, 0.1) is 22.0 Å². The van der Waals surface area contributed by atoms with Gasteiger partial charge in [0.2, 0.25) is 0 Å². The van der Waals surface area contributed by atoms with Crippen LogP contribution >= 0.6 is 11.3 Å². The summed E-state index contributed by atoms with van der Waals surface area (Å²) in [6.45, 7) is 0.553. The fourth-order valence-electron chi connectivity index (χ4n) is 2.88. The lowest BCUT2D eigenvalue weighted by molar-refractivity contribution is 0.623. The zero-order valence-electron chi connectivity index (χ0n) is 14.5. The number of aromatic nitrogens is 3. The maximum atomic E-state index is 14.1. The first-order chi connectivity index (χ1) is 13.2. The van der Waals surface area contributed by atoms with Crippen molar-refractivity contribution in [3.63, 3.8) is 0 Å². The molecule has 0 amide bonds. The van der Waals surface area contributed by atoms with E-state index in [4.69, 9.17) is 5.73 Å². The van der Waals surface area contributed by atoms with Crippen molar-refractivity contribution >= 4 is 27.4 Å². The lowest BCUT2D eigenvalue weighted by atomic mass is 10.1. The third kappa shape index (κ3) is 3.94. The van der Waals surface area contributed by atoms with Crippen LogP contribution < -0.4 is 11.1 Å². The van der Waals surface area contributed by atoms with Crippen LogP contribution in [0.4, 0.5) is 10.2 Å². The SMILES string of the molecule is NC(CNc1nc(-c2ccncc2F)nc2ccsc12)Cc1ccccc1. The van der Waals surface area contributed by atoms with Gasteiger partial charge in [-0.25, -0.2) is 14.4 Å². The van der Waals surface area contributed by atoms with Gasteiger partial charge in [-0.05, 0) is 29.5 Å². The van der Waals surface area contributed by atoms with Gasteiger partial charge in [-0.15, -0.1) is 11.3 Å². The largest absolute Gasteiger partial charge is 0.367 e. The third-order valence-electron chi connectivity index (χ3n) is 4.19. The monoisotopic (exact) mass is 379 g/mol. The molecule has 3 heterocycles. The molecule has 0 aliphatic carbocycles. The number of nitrogens with two attached hydrogens (primary N) is 1. The second-order valence-electron chi connectivity index (χ2n) is 6.22. The van der Waals surface area contributed by atoms with E-state index in [2.05, 4.69) is 32.4 Å². The van der Waals surface area contributed by atoms with Crippen molar-refractivity contribution in [1.29, 1.82) is 0 Å². The second-order valence-corrected chi connectivity index (χ2v) is 7.13. The Labute approximate surface area is 160 Å². The molecule has 0 spiro atoms. The Morgan fingerprint density at radius 2 is 1.96 bits per heavy atom. The lowest BCUT2D eigenvalue weighted by Gasteiger charge is -2.14. The van der Waals surface area contributed by atoms with E-state index in [0.717, 1.165) is 16.6 Å². The van der Waals surface area contributed by atoms with Gasteiger partial charge in [0.15, 0.2) is 11.6 Å². The van der Waals surface area contributed by atoms with Gasteiger partial charge in [0, 0.05) is 18.8 Å². The Morgan fingerprint density at radius 3 is 2.78 bits per heavy atom. The molecule has 27 heavy (non-hydrogen) atoms. The van der Waals surface area contributed by atoms with Crippen molar-refractivity contribution in [2.24, 2.45) is 5.73 Å². The van der Waals surface area contributed by atoms with E-state index < -0.39 is 5.82 Å². The van der Waals surface area contributed by atoms with E-state index in [1.165, 1.54) is 18.0 Å². The Balaban J connectivity index is 1.58. The van der Waals surface area contributed by atoms with Gasteiger partial charge in [0.25, 0.3) is 0 Å². The number of thiophene rings is 1. The van der Waals surface area contributed by atoms with Crippen LogP contribution in [-0.2, 0) is 6.42 Å². The third-order valence-corrected chi connectivity index (χ3v) is 5.10. The van der Waals surface area contributed by atoms with Crippen LogP contribution in [0.25, 0.3) is 21.6 Å². The lowest BCUT2D eigenvalue weighted by Crippen LogP contribution is -2.31. The van der Waals surface area contributed by atoms with Crippen molar-refractivity contribution in [3.8, 4) is 11.4 Å². The Kier molecular flexibility index (Phi) is 5.04. The zero-order chi connectivity index (χ0) is 18.6. The van der Waals surface area contributed by atoms with Crippen LogP contribution in [0, 0.1) is 5.82 Å². The van der Waals surface area contributed by atoms with Gasteiger partial charge in [-0.2, -0.15) is 0 Å². The smallest absolute Gasteiger partial charge is 0.165 e. The summed E-state index contributed by atoms with van der Waals surface area (Å²) in [6, 6.07) is 13.5. The predicted molar refractivity (Wildman–Crippen MR) is 107 cm³/mol. The van der Waals surface area contributed by atoms with Crippen LogP contribution in [0.3, 0.4) is 0 Å². The van der Waals surface area contributed by atoms with Gasteiger partial charge in [-0.1, -0.05) is 30.3 Å². The molecule has 5 nitrogen and oxygen atoms in total. The van der Waals surface area contributed by atoms with E-state index >= 15 is 0 Å². The van der Waals surface area contributed by atoms with Crippen molar-refractivity contribution in [3.05, 3.63) is 71.6 Å². The van der Waals surface area contributed by atoms with Gasteiger partial charge >= 0.3 is 0 Å². The average Bonchev–Trinajstić information content (AvgIpc) is 3.16. The molecule has 3 aromatic heterocycles. The van der Waals surface area contributed by atoms with E-state index in [9.17, 15) is 4.39 Å². The molecule has 0 saturated heterocycles. The van der Waals surface area contributed by atoms with Crippen molar-refractivity contribution < 1.29 is 4.39 Å². The molecule has 1 aromatic carbocycles. The normalized spacial score (nSPS) is 12.2. The van der Waals surface area contributed by atoms with Crippen LogP contribution in [0.1, 0.15) is 5.56 Å². The van der Waals surface area contributed by atoms with Crippen LogP contribution in [0.2, 0.25) is 0 Å². The fraction of sp³-hybridized carbons (Fsp3) is 0.150. The van der Waals surface area contributed by atoms with Crippen LogP contribution in [0.5, 0.6) is 0 Å². The van der Waals surface area contributed by atoms with Gasteiger partial charge in [-0.3, -0.25) is 4.98 Å². The van der Waals surface area contributed by atoms with Crippen molar-refractivity contribution in [2.45, 2.75) is 12.5 Å². The number of fused-ring (bicyclic) bond motifs is 1. The molecule has 0 aliphatic rings. The fourth-order valence-corrected chi connectivity index (χ4v) is 3.67.